The lowest BCUT2D eigenvalue weighted by molar-refractivity contribution is 0.0991. The second-order valence-corrected chi connectivity index (χ2v) is 6.54. The van der Waals surface area contributed by atoms with Crippen molar-refractivity contribution in [2.75, 3.05) is 12.4 Å². The van der Waals surface area contributed by atoms with Crippen molar-refractivity contribution in [2.45, 2.75) is 13.2 Å². The summed E-state index contributed by atoms with van der Waals surface area (Å²) in [6.45, 7) is 0.359. The number of benzene rings is 2. The Kier molecular flexibility index (Phi) is 5.93. The molecule has 4 rings (SSSR count). The lowest BCUT2D eigenvalue weighted by atomic mass is 10.2. The highest BCUT2D eigenvalue weighted by Crippen LogP contribution is 2.19. The first-order valence-corrected chi connectivity index (χ1v) is 9.40. The topological polar surface area (TPSA) is 91.4 Å². The molecule has 2 aromatic carbocycles. The maximum atomic E-state index is 13.8. The van der Waals surface area contributed by atoms with Gasteiger partial charge in [0.2, 0.25) is 5.95 Å². The van der Waals surface area contributed by atoms with Crippen molar-refractivity contribution < 1.29 is 23.1 Å². The van der Waals surface area contributed by atoms with E-state index in [0.717, 1.165) is 5.75 Å². The van der Waals surface area contributed by atoms with Crippen LogP contribution in [0.4, 0.5) is 10.3 Å². The molecule has 0 unspecified atom stereocenters. The quantitative estimate of drug-likeness (QED) is 0.463. The van der Waals surface area contributed by atoms with Crippen LogP contribution < -0.4 is 14.8 Å². The fraction of sp³-hybridized carbons (Fsp3) is 0.136. The first-order valence-electron chi connectivity index (χ1n) is 9.40. The minimum atomic E-state index is -0.501. The number of ether oxygens (including phenoxy) is 2. The van der Waals surface area contributed by atoms with Crippen LogP contribution in [0.2, 0.25) is 0 Å². The van der Waals surface area contributed by atoms with E-state index in [1.165, 1.54) is 17.1 Å². The van der Waals surface area contributed by atoms with Gasteiger partial charge in [-0.2, -0.15) is 0 Å². The number of halogens is 1. The molecule has 0 spiro atoms. The molecule has 0 bridgehead atoms. The lowest BCUT2D eigenvalue weighted by Gasteiger charge is -2.05. The molecule has 1 N–H and O–H groups in total. The molecule has 0 aliphatic heterocycles. The van der Waals surface area contributed by atoms with Crippen LogP contribution in [0.5, 0.6) is 11.5 Å². The highest BCUT2D eigenvalue weighted by Gasteiger charge is 2.14. The molecule has 2 aromatic heterocycles. The Morgan fingerprint density at radius 3 is 2.65 bits per heavy atom. The summed E-state index contributed by atoms with van der Waals surface area (Å²) in [5.41, 5.74) is 0.470. The average Bonchev–Trinajstić information content (AvgIpc) is 3.44. The highest BCUT2D eigenvalue weighted by molar-refractivity contribution is 6.01. The number of nitrogens with zero attached hydrogens (tertiary/aromatic N) is 3. The molecule has 4 aromatic rings. The van der Waals surface area contributed by atoms with Crippen LogP contribution in [0.3, 0.4) is 0 Å². The predicted octanol–water partition coefficient (Wildman–Crippen LogP) is 3.90. The maximum absolute atomic E-state index is 13.8. The minimum absolute atomic E-state index is 0.0915. The van der Waals surface area contributed by atoms with Gasteiger partial charge in [-0.3, -0.25) is 10.1 Å². The van der Waals surface area contributed by atoms with Crippen molar-refractivity contribution in [3.8, 4) is 11.5 Å². The Hall–Kier alpha value is -4.14. The van der Waals surface area contributed by atoms with E-state index in [4.69, 9.17) is 13.9 Å². The summed E-state index contributed by atoms with van der Waals surface area (Å²) in [6.07, 6.45) is 1.41. The maximum Gasteiger partial charge on any atom is 0.293 e. The Morgan fingerprint density at radius 2 is 1.87 bits per heavy atom. The predicted molar refractivity (Wildman–Crippen MR) is 110 cm³/mol. The summed E-state index contributed by atoms with van der Waals surface area (Å²) in [5, 5.41) is 6.69. The second kappa shape index (κ2) is 9.12. The third kappa shape index (κ3) is 5.08. The summed E-state index contributed by atoms with van der Waals surface area (Å²) in [7, 11) is 1.59. The summed E-state index contributed by atoms with van der Waals surface area (Å²) < 4.78 is 31.5. The number of aromatic nitrogens is 3. The smallest absolute Gasteiger partial charge is 0.293 e. The molecular weight excluding hydrogens is 403 g/mol. The number of amides is 1. The van der Waals surface area contributed by atoms with E-state index in [2.05, 4.69) is 15.4 Å². The van der Waals surface area contributed by atoms with Gasteiger partial charge in [-0.15, -0.1) is 5.10 Å². The average molecular weight is 422 g/mol. The number of carbonyl (C=O) groups is 1. The van der Waals surface area contributed by atoms with E-state index in [-0.39, 0.29) is 30.7 Å². The third-order valence-electron chi connectivity index (χ3n) is 4.38. The van der Waals surface area contributed by atoms with E-state index in [0.29, 0.717) is 17.1 Å². The molecule has 0 saturated carbocycles. The van der Waals surface area contributed by atoms with Gasteiger partial charge >= 0.3 is 0 Å². The normalized spacial score (nSPS) is 10.6. The number of rotatable bonds is 8. The van der Waals surface area contributed by atoms with E-state index < -0.39 is 5.91 Å². The molecule has 0 saturated heterocycles. The molecule has 2 heterocycles. The largest absolute Gasteiger partial charge is 0.497 e. The van der Waals surface area contributed by atoms with Gasteiger partial charge in [0.25, 0.3) is 5.91 Å². The molecule has 0 aliphatic carbocycles. The number of anilines is 1. The van der Waals surface area contributed by atoms with E-state index in [1.807, 2.05) is 0 Å². The van der Waals surface area contributed by atoms with Gasteiger partial charge in [0.05, 0.1) is 13.7 Å². The molecule has 1 amide bonds. The molecule has 31 heavy (non-hydrogen) atoms. The molecular formula is C22H19FN4O4. The van der Waals surface area contributed by atoms with Gasteiger partial charge in [0.15, 0.2) is 5.76 Å². The third-order valence-corrected chi connectivity index (χ3v) is 4.38. The van der Waals surface area contributed by atoms with Gasteiger partial charge < -0.3 is 13.9 Å². The Balaban J connectivity index is 1.32. The van der Waals surface area contributed by atoms with E-state index in [9.17, 15) is 9.18 Å². The van der Waals surface area contributed by atoms with Crippen LogP contribution in [-0.2, 0) is 13.2 Å². The highest BCUT2D eigenvalue weighted by atomic mass is 19.1. The van der Waals surface area contributed by atoms with Crippen molar-refractivity contribution in [3.05, 3.63) is 89.9 Å². The van der Waals surface area contributed by atoms with Crippen molar-refractivity contribution in [2.24, 2.45) is 0 Å². The SMILES string of the molecule is COc1ccc(OCc2ccc(C(=O)Nc3ncn(Cc4ccccc4F)n3)o2)cc1. The summed E-state index contributed by atoms with van der Waals surface area (Å²) in [6, 6.07) is 16.7. The number of carbonyl (C=O) groups excluding carboxylic acids is 1. The fourth-order valence-electron chi connectivity index (χ4n) is 2.80. The molecule has 0 atom stereocenters. The van der Waals surface area contributed by atoms with Crippen LogP contribution in [0.15, 0.2) is 71.4 Å². The monoisotopic (exact) mass is 422 g/mol. The van der Waals surface area contributed by atoms with Crippen LogP contribution in [0.25, 0.3) is 0 Å². The number of nitrogens with one attached hydrogen (secondary N) is 1. The van der Waals surface area contributed by atoms with Gasteiger partial charge in [-0.25, -0.2) is 14.1 Å². The number of hydrogen-bond acceptors (Lipinski definition) is 6. The zero-order valence-corrected chi connectivity index (χ0v) is 16.6. The zero-order chi connectivity index (χ0) is 21.6. The Labute approximate surface area is 177 Å². The van der Waals surface area contributed by atoms with E-state index in [1.54, 1.807) is 61.7 Å². The van der Waals surface area contributed by atoms with Gasteiger partial charge in [0, 0.05) is 5.56 Å². The van der Waals surface area contributed by atoms with Gasteiger partial charge in [-0.05, 0) is 42.5 Å². The summed E-state index contributed by atoms with van der Waals surface area (Å²) in [4.78, 5) is 16.4. The Bertz CT molecular complexity index is 1170. The van der Waals surface area contributed by atoms with Gasteiger partial charge in [-0.1, -0.05) is 18.2 Å². The number of furan rings is 1. The summed E-state index contributed by atoms with van der Waals surface area (Å²) in [5.74, 6) is 1.22. The first-order chi connectivity index (χ1) is 15.1. The van der Waals surface area contributed by atoms with Crippen molar-refractivity contribution in [1.29, 1.82) is 0 Å². The number of hydrogen-bond donors (Lipinski definition) is 1. The molecule has 9 heteroatoms. The second-order valence-electron chi connectivity index (χ2n) is 6.54. The minimum Gasteiger partial charge on any atom is -0.497 e. The first kappa shape index (κ1) is 20.1. The van der Waals surface area contributed by atoms with E-state index >= 15 is 0 Å². The standard InChI is InChI=1S/C22H19FN4O4/c1-29-16-6-8-17(9-7-16)30-13-18-10-11-20(31-18)21(28)25-22-24-14-27(26-22)12-15-4-2-3-5-19(15)23/h2-11,14H,12-13H2,1H3,(H,25,26,28). The van der Waals surface area contributed by atoms with Crippen molar-refractivity contribution >= 4 is 11.9 Å². The van der Waals surface area contributed by atoms with Crippen molar-refractivity contribution in [3.63, 3.8) is 0 Å². The number of methoxy groups -OCH3 is 1. The van der Waals surface area contributed by atoms with Crippen LogP contribution in [0.1, 0.15) is 21.9 Å². The Morgan fingerprint density at radius 1 is 1.10 bits per heavy atom. The van der Waals surface area contributed by atoms with Crippen LogP contribution in [-0.4, -0.2) is 27.8 Å². The van der Waals surface area contributed by atoms with Crippen molar-refractivity contribution in [1.82, 2.24) is 14.8 Å². The lowest BCUT2D eigenvalue weighted by Crippen LogP contribution is -2.12. The molecule has 8 nitrogen and oxygen atoms in total. The molecule has 0 fully saturated rings. The molecule has 0 aliphatic rings. The molecule has 158 valence electrons. The zero-order valence-electron chi connectivity index (χ0n) is 16.6. The van der Waals surface area contributed by atoms with Crippen LogP contribution in [0, 0.1) is 5.82 Å². The fourth-order valence-corrected chi connectivity index (χ4v) is 2.80. The van der Waals surface area contributed by atoms with Crippen LogP contribution >= 0.6 is 0 Å². The summed E-state index contributed by atoms with van der Waals surface area (Å²) >= 11 is 0. The van der Waals surface area contributed by atoms with Gasteiger partial charge in [0.1, 0.15) is 36.0 Å². The molecule has 0 radical (unpaired) electrons.